The number of halogens is 5. The van der Waals surface area contributed by atoms with Gasteiger partial charge in [0.15, 0.2) is 5.65 Å². The van der Waals surface area contributed by atoms with Gasteiger partial charge in [-0.2, -0.15) is 18.2 Å². The van der Waals surface area contributed by atoms with E-state index in [0.29, 0.717) is 31.1 Å². The van der Waals surface area contributed by atoms with Crippen molar-refractivity contribution in [3.05, 3.63) is 69.8 Å². The lowest BCUT2D eigenvalue weighted by Crippen LogP contribution is -2.43. The van der Waals surface area contributed by atoms with Crippen LogP contribution in [0.4, 0.5) is 35.4 Å². The third-order valence-corrected chi connectivity index (χ3v) is 7.87. The monoisotopic (exact) mass is 704 g/mol. The summed E-state index contributed by atoms with van der Waals surface area (Å²) in [5.41, 5.74) is -0.944. The normalized spacial score (nSPS) is 14.1. The molecule has 16 heteroatoms. The molecular formula is C32H33Cl2F3N8O3. The van der Waals surface area contributed by atoms with Gasteiger partial charge in [-0.3, -0.25) is 15.0 Å². The van der Waals surface area contributed by atoms with E-state index in [1.165, 1.54) is 18.2 Å². The molecule has 1 saturated heterocycles. The number of amides is 3. The molecule has 0 radical (unpaired) electrons. The highest BCUT2D eigenvalue weighted by Crippen LogP contribution is 2.43. The number of pyridine rings is 1. The molecule has 11 nitrogen and oxygen atoms in total. The first-order valence-corrected chi connectivity index (χ1v) is 15.7. The zero-order valence-corrected chi connectivity index (χ0v) is 27.8. The Hall–Kier alpha value is -4.24. The Morgan fingerprint density at radius 2 is 1.75 bits per heavy atom. The summed E-state index contributed by atoms with van der Waals surface area (Å²) in [5.74, 6) is -0.415. The second-order valence-corrected chi connectivity index (χ2v) is 12.8. The van der Waals surface area contributed by atoms with Crippen molar-refractivity contribution >= 4 is 63.6 Å². The number of aromatic nitrogens is 3. The van der Waals surface area contributed by atoms with Crippen molar-refractivity contribution in [1.82, 2.24) is 25.2 Å². The van der Waals surface area contributed by atoms with Gasteiger partial charge in [-0.1, -0.05) is 29.3 Å². The molecule has 0 unspecified atom stereocenters. The molecule has 2 aromatic heterocycles. The van der Waals surface area contributed by atoms with Crippen LogP contribution in [-0.2, 0) is 10.9 Å². The van der Waals surface area contributed by atoms with Crippen molar-refractivity contribution in [3.63, 3.8) is 0 Å². The van der Waals surface area contributed by atoms with E-state index in [4.69, 9.17) is 27.9 Å². The third-order valence-electron chi connectivity index (χ3n) is 7.16. The van der Waals surface area contributed by atoms with E-state index >= 15 is 0 Å². The summed E-state index contributed by atoms with van der Waals surface area (Å²) < 4.78 is 45.2. The van der Waals surface area contributed by atoms with Crippen LogP contribution in [0.2, 0.25) is 10.0 Å². The van der Waals surface area contributed by atoms with E-state index in [9.17, 15) is 22.8 Å². The number of urea groups is 1. The van der Waals surface area contributed by atoms with E-state index < -0.39 is 29.2 Å². The minimum atomic E-state index is -4.63. The van der Waals surface area contributed by atoms with Crippen LogP contribution in [0.15, 0.2) is 48.7 Å². The summed E-state index contributed by atoms with van der Waals surface area (Å²) in [5, 5.41) is 11.9. The molecule has 48 heavy (non-hydrogen) atoms. The molecule has 0 saturated carbocycles. The molecule has 1 aliphatic heterocycles. The van der Waals surface area contributed by atoms with E-state index in [-0.39, 0.29) is 43.9 Å². The maximum atomic E-state index is 13.3. The molecule has 0 atom stereocenters. The van der Waals surface area contributed by atoms with Crippen LogP contribution >= 0.6 is 23.2 Å². The van der Waals surface area contributed by atoms with Gasteiger partial charge in [0.2, 0.25) is 5.95 Å². The van der Waals surface area contributed by atoms with E-state index in [2.05, 4.69) is 41.1 Å². The summed E-state index contributed by atoms with van der Waals surface area (Å²) in [4.78, 5) is 41.9. The quantitative estimate of drug-likeness (QED) is 0.155. The van der Waals surface area contributed by atoms with Gasteiger partial charge in [0.1, 0.15) is 5.82 Å². The highest BCUT2D eigenvalue weighted by molar-refractivity contribution is 6.41. The van der Waals surface area contributed by atoms with Crippen LogP contribution in [0, 0.1) is 0 Å². The highest BCUT2D eigenvalue weighted by Gasteiger charge is 2.31. The molecule has 254 valence electrons. The Balaban J connectivity index is 1.49. The molecule has 0 bridgehead atoms. The van der Waals surface area contributed by atoms with Crippen molar-refractivity contribution in [1.29, 1.82) is 0 Å². The Kier molecular flexibility index (Phi) is 10.6. The zero-order chi connectivity index (χ0) is 34.6. The molecule has 0 spiro atoms. The van der Waals surface area contributed by atoms with E-state index in [0.717, 1.165) is 37.8 Å². The molecule has 0 aliphatic carbocycles. The fourth-order valence-electron chi connectivity index (χ4n) is 4.89. The van der Waals surface area contributed by atoms with Crippen LogP contribution in [0.1, 0.15) is 36.7 Å². The van der Waals surface area contributed by atoms with Gasteiger partial charge in [-0.05, 0) is 57.2 Å². The average Bonchev–Trinajstić information content (AvgIpc) is 3.02. The SMILES string of the molecule is CC(C)(C)NC(=O)Nc1nc2nc(NCCN3CCOCC3)ncc2cc1-c1c(Cl)ccc(NC(=O)c2cccc(C(F)(F)F)c2)c1Cl. The first-order valence-electron chi connectivity index (χ1n) is 15.0. The predicted molar refractivity (Wildman–Crippen MR) is 180 cm³/mol. The van der Waals surface area contributed by atoms with Gasteiger partial charge in [-0.15, -0.1) is 0 Å². The van der Waals surface area contributed by atoms with E-state index in [1.54, 1.807) is 12.3 Å². The van der Waals surface area contributed by atoms with Crippen molar-refractivity contribution in [2.24, 2.45) is 0 Å². The van der Waals surface area contributed by atoms with Crippen LogP contribution < -0.4 is 21.3 Å². The summed E-state index contributed by atoms with van der Waals surface area (Å²) in [6.45, 7) is 9.87. The number of hydrogen-bond donors (Lipinski definition) is 4. The fourth-order valence-corrected chi connectivity index (χ4v) is 5.51. The molecule has 1 fully saturated rings. The van der Waals surface area contributed by atoms with Gasteiger partial charge in [0.25, 0.3) is 5.91 Å². The number of ether oxygens (including phenoxy) is 1. The Morgan fingerprint density at radius 3 is 2.46 bits per heavy atom. The summed E-state index contributed by atoms with van der Waals surface area (Å²) in [6.07, 6.45) is -3.06. The van der Waals surface area contributed by atoms with Gasteiger partial charge in [0, 0.05) is 60.0 Å². The lowest BCUT2D eigenvalue weighted by Gasteiger charge is -2.26. The molecule has 4 N–H and O–H groups in total. The number of rotatable bonds is 8. The number of hydrogen-bond acceptors (Lipinski definition) is 8. The molecule has 2 aromatic carbocycles. The number of morpholine rings is 1. The number of anilines is 3. The number of alkyl halides is 3. The Bertz CT molecular complexity index is 1830. The van der Waals surface area contributed by atoms with Crippen molar-refractivity contribution in [2.75, 3.05) is 55.3 Å². The largest absolute Gasteiger partial charge is 0.416 e. The van der Waals surface area contributed by atoms with Crippen molar-refractivity contribution < 1.29 is 27.5 Å². The number of carbonyl (C=O) groups excluding carboxylic acids is 2. The molecule has 3 amide bonds. The van der Waals surface area contributed by atoms with Crippen LogP contribution in [0.5, 0.6) is 0 Å². The van der Waals surface area contributed by atoms with Crippen molar-refractivity contribution in [2.45, 2.75) is 32.5 Å². The first kappa shape index (κ1) is 35.1. The summed E-state index contributed by atoms with van der Waals surface area (Å²) >= 11 is 13.5. The molecule has 3 heterocycles. The standard InChI is InChI=1S/C32H33Cl2F3N8O3/c1-31(2,3)44-30(47)43-27-21(16-19-17-39-29(42-26(19)41-27)38-9-10-45-11-13-48-14-12-45)24-22(33)7-8-23(25(24)34)40-28(46)18-5-4-6-20(15-18)32(35,36)37/h4-8,15-17H,9-14H2,1-3H3,(H,40,46)(H3,38,39,41,42,43,44,47). The lowest BCUT2D eigenvalue weighted by atomic mass is 10.0. The van der Waals surface area contributed by atoms with Gasteiger partial charge >= 0.3 is 12.2 Å². The number of carbonyl (C=O) groups is 2. The molecular weight excluding hydrogens is 672 g/mol. The van der Waals surface area contributed by atoms with Gasteiger partial charge in [0.05, 0.1) is 34.5 Å². The second-order valence-electron chi connectivity index (χ2n) is 12.0. The van der Waals surface area contributed by atoms with Gasteiger partial charge < -0.3 is 20.7 Å². The van der Waals surface area contributed by atoms with Crippen molar-refractivity contribution in [3.8, 4) is 11.1 Å². The Morgan fingerprint density at radius 1 is 1.00 bits per heavy atom. The second kappa shape index (κ2) is 14.5. The predicted octanol–water partition coefficient (Wildman–Crippen LogP) is 6.93. The van der Waals surface area contributed by atoms with Crippen LogP contribution in [-0.4, -0.2) is 76.7 Å². The molecule has 5 rings (SSSR count). The highest BCUT2D eigenvalue weighted by atomic mass is 35.5. The van der Waals surface area contributed by atoms with Crippen LogP contribution in [0.3, 0.4) is 0 Å². The number of fused-ring (bicyclic) bond motifs is 1. The maximum Gasteiger partial charge on any atom is 0.416 e. The third kappa shape index (κ3) is 8.81. The zero-order valence-electron chi connectivity index (χ0n) is 26.3. The van der Waals surface area contributed by atoms with E-state index in [1.807, 2.05) is 20.8 Å². The lowest BCUT2D eigenvalue weighted by molar-refractivity contribution is -0.137. The Labute approximate surface area is 284 Å². The fraction of sp³-hybridized carbons (Fsp3) is 0.344. The minimum absolute atomic E-state index is 0.0365. The molecule has 4 aromatic rings. The number of nitrogens with one attached hydrogen (secondary N) is 4. The maximum absolute atomic E-state index is 13.3. The smallest absolute Gasteiger partial charge is 0.379 e. The summed E-state index contributed by atoms with van der Waals surface area (Å²) in [6, 6.07) is 7.99. The minimum Gasteiger partial charge on any atom is -0.379 e. The first-order chi connectivity index (χ1) is 22.7. The topological polar surface area (TPSA) is 133 Å². The summed E-state index contributed by atoms with van der Waals surface area (Å²) in [7, 11) is 0. The van der Waals surface area contributed by atoms with Gasteiger partial charge in [-0.25, -0.2) is 14.8 Å². The molecule has 1 aliphatic rings. The number of nitrogens with zero attached hydrogens (tertiary/aromatic N) is 4. The number of benzene rings is 2. The average molecular weight is 706 g/mol. The van der Waals surface area contributed by atoms with Crippen LogP contribution in [0.25, 0.3) is 22.2 Å².